The fourth-order valence-electron chi connectivity index (χ4n) is 2.11. The minimum Gasteiger partial charge on any atom is -1.00 e. The summed E-state index contributed by atoms with van der Waals surface area (Å²) in [6.07, 6.45) is -3.76. The van der Waals surface area contributed by atoms with E-state index in [1.807, 2.05) is 0 Å². The molecule has 0 fully saturated rings. The molecule has 0 amide bonds. The lowest BCUT2D eigenvalue weighted by atomic mass is 10.1. The average Bonchev–Trinajstić information content (AvgIpc) is 2.54. The molecule has 0 spiro atoms. The Bertz CT molecular complexity index is 546. The molecule has 0 saturated carbocycles. The standard InChI is InChI=1S/C12H13F3N2.ClH/c1-7-8(5-6-16)9-3-2-4-10(11(9)17-7)12(13,14)15;/h2-4,17H,5-6,16H2,1H3;1H/p-1. The Morgan fingerprint density at radius 1 is 1.28 bits per heavy atom. The van der Waals surface area contributed by atoms with Crippen LogP contribution in [0.5, 0.6) is 0 Å². The number of fused-ring (bicyclic) bond motifs is 1. The first kappa shape index (κ1) is 14.9. The topological polar surface area (TPSA) is 41.8 Å². The molecule has 0 bridgehead atoms. The fraction of sp³-hybridized carbons (Fsp3) is 0.333. The fourth-order valence-corrected chi connectivity index (χ4v) is 2.11. The summed E-state index contributed by atoms with van der Waals surface area (Å²) in [5.74, 6) is 0. The predicted octanol–water partition coefficient (Wildman–Crippen LogP) is 0.000320. The minimum absolute atomic E-state index is 0. The van der Waals surface area contributed by atoms with Crippen LogP contribution in [0.25, 0.3) is 10.9 Å². The maximum absolute atomic E-state index is 12.8. The Kier molecular flexibility index (Phi) is 4.29. The molecular formula is C12H13ClF3N2-. The van der Waals surface area contributed by atoms with Crippen molar-refractivity contribution in [1.82, 2.24) is 4.98 Å². The Labute approximate surface area is 109 Å². The highest BCUT2D eigenvalue weighted by atomic mass is 35.5. The van der Waals surface area contributed by atoms with Crippen molar-refractivity contribution in [2.24, 2.45) is 5.73 Å². The second-order valence-electron chi connectivity index (χ2n) is 3.99. The summed E-state index contributed by atoms with van der Waals surface area (Å²) < 4.78 is 38.4. The van der Waals surface area contributed by atoms with Crippen molar-refractivity contribution in [3.8, 4) is 0 Å². The van der Waals surface area contributed by atoms with Crippen LogP contribution in [0.3, 0.4) is 0 Å². The highest BCUT2D eigenvalue weighted by Crippen LogP contribution is 2.36. The smallest absolute Gasteiger partial charge is 0.418 e. The van der Waals surface area contributed by atoms with Gasteiger partial charge in [0.05, 0.1) is 11.1 Å². The van der Waals surface area contributed by atoms with Gasteiger partial charge in [0.15, 0.2) is 0 Å². The van der Waals surface area contributed by atoms with Crippen molar-refractivity contribution in [3.63, 3.8) is 0 Å². The number of benzene rings is 1. The molecule has 0 aliphatic carbocycles. The van der Waals surface area contributed by atoms with E-state index >= 15 is 0 Å². The molecule has 0 aliphatic heterocycles. The molecule has 2 aromatic rings. The minimum atomic E-state index is -4.34. The molecule has 1 aromatic carbocycles. The lowest BCUT2D eigenvalue weighted by Gasteiger charge is -2.07. The number of halogens is 4. The van der Waals surface area contributed by atoms with Crippen molar-refractivity contribution in [2.75, 3.05) is 6.54 Å². The largest absolute Gasteiger partial charge is 1.00 e. The van der Waals surface area contributed by atoms with Crippen molar-refractivity contribution in [3.05, 3.63) is 35.0 Å². The van der Waals surface area contributed by atoms with Gasteiger partial charge in [-0.1, -0.05) is 12.1 Å². The summed E-state index contributed by atoms with van der Waals surface area (Å²) in [7, 11) is 0. The van der Waals surface area contributed by atoms with Gasteiger partial charge < -0.3 is 23.1 Å². The number of alkyl halides is 3. The van der Waals surface area contributed by atoms with Crippen molar-refractivity contribution in [1.29, 1.82) is 0 Å². The molecule has 0 saturated heterocycles. The van der Waals surface area contributed by atoms with Gasteiger partial charge in [-0.25, -0.2) is 0 Å². The summed E-state index contributed by atoms with van der Waals surface area (Å²) in [5, 5.41) is 0.614. The second-order valence-corrected chi connectivity index (χ2v) is 3.99. The number of aromatic nitrogens is 1. The van der Waals surface area contributed by atoms with Crippen LogP contribution in [0, 0.1) is 6.92 Å². The Morgan fingerprint density at radius 2 is 1.94 bits per heavy atom. The van der Waals surface area contributed by atoms with Crippen LogP contribution >= 0.6 is 0 Å². The van der Waals surface area contributed by atoms with E-state index in [1.165, 1.54) is 6.07 Å². The molecule has 6 heteroatoms. The molecular weight excluding hydrogens is 265 g/mol. The lowest BCUT2D eigenvalue weighted by molar-refractivity contribution is -0.136. The maximum atomic E-state index is 12.8. The van der Waals surface area contributed by atoms with Gasteiger partial charge in [0.2, 0.25) is 0 Å². The molecule has 1 heterocycles. The molecule has 0 atom stereocenters. The van der Waals surface area contributed by atoms with E-state index in [4.69, 9.17) is 5.73 Å². The third kappa shape index (κ3) is 2.47. The summed E-state index contributed by atoms with van der Waals surface area (Å²) in [6, 6.07) is 4.21. The third-order valence-electron chi connectivity index (χ3n) is 2.85. The zero-order valence-electron chi connectivity index (χ0n) is 9.74. The first-order chi connectivity index (χ1) is 7.95. The number of H-pyrrole nitrogens is 1. The lowest BCUT2D eigenvalue weighted by Crippen LogP contribution is -3.00. The number of aromatic amines is 1. The van der Waals surface area contributed by atoms with Gasteiger partial charge in [-0.05, 0) is 31.5 Å². The molecule has 0 radical (unpaired) electrons. The Hall–Kier alpha value is -1.20. The summed E-state index contributed by atoms with van der Waals surface area (Å²) in [4.78, 5) is 2.81. The normalized spacial score (nSPS) is 11.6. The van der Waals surface area contributed by atoms with Crippen LogP contribution in [0.15, 0.2) is 18.2 Å². The number of para-hydroxylation sites is 1. The average molecular weight is 278 g/mol. The summed E-state index contributed by atoms with van der Waals surface area (Å²) in [6.45, 7) is 2.19. The van der Waals surface area contributed by atoms with Gasteiger partial charge >= 0.3 is 6.18 Å². The van der Waals surface area contributed by atoms with Crippen LogP contribution in [-0.4, -0.2) is 11.5 Å². The monoisotopic (exact) mass is 277 g/mol. The van der Waals surface area contributed by atoms with Crippen LogP contribution in [0.4, 0.5) is 13.2 Å². The van der Waals surface area contributed by atoms with Crippen LogP contribution < -0.4 is 18.1 Å². The number of rotatable bonds is 2. The van der Waals surface area contributed by atoms with Gasteiger partial charge in [0, 0.05) is 11.1 Å². The Balaban J connectivity index is 0.00000162. The van der Waals surface area contributed by atoms with Gasteiger partial charge in [-0.3, -0.25) is 0 Å². The van der Waals surface area contributed by atoms with Gasteiger partial charge in [0.1, 0.15) is 0 Å². The first-order valence-corrected chi connectivity index (χ1v) is 5.32. The van der Waals surface area contributed by atoms with Crippen molar-refractivity contribution in [2.45, 2.75) is 19.5 Å². The zero-order chi connectivity index (χ0) is 12.6. The third-order valence-corrected chi connectivity index (χ3v) is 2.85. The van der Waals surface area contributed by atoms with E-state index in [2.05, 4.69) is 4.98 Å². The van der Waals surface area contributed by atoms with E-state index in [-0.39, 0.29) is 17.9 Å². The van der Waals surface area contributed by atoms with Gasteiger partial charge in [-0.2, -0.15) is 13.2 Å². The SMILES string of the molecule is Cc1[nH]c2c(C(F)(F)F)cccc2c1CCN.[Cl-]. The van der Waals surface area contributed by atoms with Gasteiger partial charge in [-0.15, -0.1) is 0 Å². The number of aryl methyl sites for hydroxylation is 1. The summed E-state index contributed by atoms with van der Waals surface area (Å²) >= 11 is 0. The van der Waals surface area contributed by atoms with Crippen molar-refractivity contribution >= 4 is 10.9 Å². The Morgan fingerprint density at radius 3 is 2.50 bits per heavy atom. The highest BCUT2D eigenvalue weighted by Gasteiger charge is 2.33. The van der Waals surface area contributed by atoms with Crippen LogP contribution in [-0.2, 0) is 12.6 Å². The molecule has 1 aromatic heterocycles. The summed E-state index contributed by atoms with van der Waals surface area (Å²) in [5.41, 5.74) is 6.62. The van der Waals surface area contributed by atoms with E-state index in [0.717, 1.165) is 17.3 Å². The highest BCUT2D eigenvalue weighted by molar-refractivity contribution is 5.87. The van der Waals surface area contributed by atoms with E-state index in [9.17, 15) is 13.2 Å². The van der Waals surface area contributed by atoms with E-state index in [1.54, 1.807) is 13.0 Å². The molecule has 0 unspecified atom stereocenters. The van der Waals surface area contributed by atoms with Crippen molar-refractivity contribution < 1.29 is 25.6 Å². The molecule has 0 aliphatic rings. The van der Waals surface area contributed by atoms with E-state index in [0.29, 0.717) is 18.4 Å². The molecule has 3 N–H and O–H groups in total. The number of nitrogens with one attached hydrogen (secondary N) is 1. The second kappa shape index (κ2) is 5.20. The van der Waals surface area contributed by atoms with Crippen LogP contribution in [0.1, 0.15) is 16.8 Å². The van der Waals surface area contributed by atoms with Gasteiger partial charge in [0.25, 0.3) is 0 Å². The molecule has 2 nitrogen and oxygen atoms in total. The number of hydrogen-bond acceptors (Lipinski definition) is 1. The molecule has 18 heavy (non-hydrogen) atoms. The van der Waals surface area contributed by atoms with E-state index < -0.39 is 11.7 Å². The molecule has 2 rings (SSSR count). The maximum Gasteiger partial charge on any atom is 0.418 e. The predicted molar refractivity (Wildman–Crippen MR) is 60.8 cm³/mol. The number of nitrogens with two attached hydrogens (primary N) is 1. The first-order valence-electron chi connectivity index (χ1n) is 5.32. The molecule has 100 valence electrons. The zero-order valence-corrected chi connectivity index (χ0v) is 10.5. The quantitative estimate of drug-likeness (QED) is 0.797. The van der Waals surface area contributed by atoms with Crippen LogP contribution in [0.2, 0.25) is 0 Å². The number of hydrogen-bond donors (Lipinski definition) is 2.